The van der Waals surface area contributed by atoms with Gasteiger partial charge in [-0.2, -0.15) is 0 Å². The summed E-state index contributed by atoms with van der Waals surface area (Å²) in [5.41, 5.74) is 8.54. The van der Waals surface area contributed by atoms with Crippen LogP contribution in [0, 0.1) is 0 Å². The van der Waals surface area contributed by atoms with Gasteiger partial charge in [0.1, 0.15) is 5.75 Å². The number of nitrogens with zero attached hydrogens (tertiary/aromatic N) is 1. The lowest BCUT2D eigenvalue weighted by Gasteiger charge is -2.29. The smallest absolute Gasteiger partial charge is 0.125 e. The Hall–Kier alpha value is -1.22. The first kappa shape index (κ1) is 13.2. The molecular formula is C15H24N2O. The second kappa shape index (κ2) is 5.61. The van der Waals surface area contributed by atoms with Crippen LogP contribution < -0.4 is 15.4 Å². The zero-order chi connectivity index (χ0) is 13.1. The molecule has 0 saturated heterocycles. The fourth-order valence-corrected chi connectivity index (χ4v) is 2.55. The Labute approximate surface area is 110 Å². The van der Waals surface area contributed by atoms with E-state index in [0.717, 1.165) is 24.3 Å². The summed E-state index contributed by atoms with van der Waals surface area (Å²) in [5, 5.41) is 0. The number of ether oxygens (including phenoxy) is 1. The Morgan fingerprint density at radius 1 is 1.44 bits per heavy atom. The van der Waals surface area contributed by atoms with Crippen LogP contribution in [0.4, 0.5) is 5.69 Å². The Morgan fingerprint density at radius 2 is 2.17 bits per heavy atom. The maximum atomic E-state index is 6.14. The molecule has 1 aromatic carbocycles. The number of nitrogens with two attached hydrogens (primary N) is 1. The summed E-state index contributed by atoms with van der Waals surface area (Å²) in [5.74, 6) is 0.907. The SMILES string of the molecule is CCCN(c1cccc(OC)c1[C@H](C)N)C1CC1. The molecule has 0 aliphatic heterocycles. The van der Waals surface area contributed by atoms with Crippen LogP contribution in [0.3, 0.4) is 0 Å². The second-order valence-electron chi connectivity index (χ2n) is 5.11. The molecule has 1 aliphatic carbocycles. The van der Waals surface area contributed by atoms with E-state index in [1.165, 1.54) is 18.5 Å². The quantitative estimate of drug-likeness (QED) is 0.840. The standard InChI is InChI=1S/C15H24N2O/c1-4-10-17(12-8-9-12)13-6-5-7-14(18-3)15(13)11(2)16/h5-7,11-12H,4,8-10,16H2,1-3H3/t11-/m0/s1. The molecule has 3 heteroatoms. The fraction of sp³-hybridized carbons (Fsp3) is 0.600. The van der Waals surface area contributed by atoms with E-state index in [1.54, 1.807) is 7.11 Å². The lowest BCUT2D eigenvalue weighted by molar-refractivity contribution is 0.407. The number of methoxy groups -OCH3 is 1. The van der Waals surface area contributed by atoms with Crippen molar-refractivity contribution in [3.63, 3.8) is 0 Å². The summed E-state index contributed by atoms with van der Waals surface area (Å²) in [6, 6.07) is 6.93. The maximum absolute atomic E-state index is 6.14. The van der Waals surface area contributed by atoms with Gasteiger partial charge < -0.3 is 15.4 Å². The molecule has 1 atom stereocenters. The molecule has 100 valence electrons. The average Bonchev–Trinajstić information content (AvgIpc) is 3.19. The molecule has 0 unspecified atom stereocenters. The Morgan fingerprint density at radius 3 is 2.67 bits per heavy atom. The molecule has 2 rings (SSSR count). The highest BCUT2D eigenvalue weighted by atomic mass is 16.5. The van der Waals surface area contributed by atoms with Crippen molar-refractivity contribution in [2.45, 2.75) is 45.2 Å². The number of hydrogen-bond acceptors (Lipinski definition) is 3. The monoisotopic (exact) mass is 248 g/mol. The van der Waals surface area contributed by atoms with Gasteiger partial charge in [-0.05, 0) is 38.3 Å². The zero-order valence-corrected chi connectivity index (χ0v) is 11.6. The number of benzene rings is 1. The van der Waals surface area contributed by atoms with E-state index in [9.17, 15) is 0 Å². The van der Waals surface area contributed by atoms with Crippen LogP contribution in [-0.4, -0.2) is 19.7 Å². The van der Waals surface area contributed by atoms with E-state index in [4.69, 9.17) is 10.5 Å². The minimum absolute atomic E-state index is 0.00532. The van der Waals surface area contributed by atoms with Gasteiger partial charge in [0.25, 0.3) is 0 Å². The normalized spacial score (nSPS) is 16.4. The second-order valence-corrected chi connectivity index (χ2v) is 5.11. The molecule has 3 nitrogen and oxygen atoms in total. The summed E-state index contributed by atoms with van der Waals surface area (Å²) in [6.07, 6.45) is 3.76. The van der Waals surface area contributed by atoms with Crippen molar-refractivity contribution < 1.29 is 4.74 Å². The molecule has 18 heavy (non-hydrogen) atoms. The number of hydrogen-bond donors (Lipinski definition) is 1. The molecule has 0 radical (unpaired) electrons. The van der Waals surface area contributed by atoms with Crippen LogP contribution in [0.2, 0.25) is 0 Å². The molecular weight excluding hydrogens is 224 g/mol. The molecule has 0 spiro atoms. The van der Waals surface area contributed by atoms with Gasteiger partial charge in [-0.3, -0.25) is 0 Å². The largest absolute Gasteiger partial charge is 0.496 e. The van der Waals surface area contributed by atoms with Crippen LogP contribution in [0.5, 0.6) is 5.75 Å². The van der Waals surface area contributed by atoms with Crippen LogP contribution in [0.1, 0.15) is 44.7 Å². The Bertz CT molecular complexity index is 399. The number of rotatable bonds is 6. The summed E-state index contributed by atoms with van der Waals surface area (Å²) >= 11 is 0. The highest BCUT2D eigenvalue weighted by molar-refractivity contribution is 5.62. The van der Waals surface area contributed by atoms with Gasteiger partial charge in [0.2, 0.25) is 0 Å². The van der Waals surface area contributed by atoms with Crippen LogP contribution in [-0.2, 0) is 0 Å². The zero-order valence-electron chi connectivity index (χ0n) is 11.6. The third-order valence-corrected chi connectivity index (χ3v) is 3.48. The van der Waals surface area contributed by atoms with Gasteiger partial charge >= 0.3 is 0 Å². The van der Waals surface area contributed by atoms with Crippen molar-refractivity contribution in [2.75, 3.05) is 18.6 Å². The fourth-order valence-electron chi connectivity index (χ4n) is 2.55. The van der Waals surface area contributed by atoms with E-state index in [0.29, 0.717) is 6.04 Å². The molecule has 2 N–H and O–H groups in total. The van der Waals surface area contributed by atoms with Gasteiger partial charge in [0, 0.05) is 29.9 Å². The van der Waals surface area contributed by atoms with Crippen LogP contribution in [0.25, 0.3) is 0 Å². The van der Waals surface area contributed by atoms with Crippen molar-refractivity contribution >= 4 is 5.69 Å². The van der Waals surface area contributed by atoms with Gasteiger partial charge in [0.15, 0.2) is 0 Å². The first-order chi connectivity index (χ1) is 8.69. The van der Waals surface area contributed by atoms with Gasteiger partial charge in [-0.25, -0.2) is 0 Å². The molecule has 1 aliphatic rings. The molecule has 0 heterocycles. The molecule has 0 bridgehead atoms. The van der Waals surface area contributed by atoms with Gasteiger partial charge in [-0.15, -0.1) is 0 Å². The third kappa shape index (κ3) is 2.61. The molecule has 1 saturated carbocycles. The summed E-state index contributed by atoms with van der Waals surface area (Å²) in [4.78, 5) is 2.50. The average molecular weight is 248 g/mol. The lowest BCUT2D eigenvalue weighted by Crippen LogP contribution is -2.28. The number of anilines is 1. The molecule has 1 aromatic rings. The molecule has 0 amide bonds. The van der Waals surface area contributed by atoms with E-state index in [1.807, 2.05) is 13.0 Å². The van der Waals surface area contributed by atoms with Crippen molar-refractivity contribution in [1.29, 1.82) is 0 Å². The highest BCUT2D eigenvalue weighted by Crippen LogP contribution is 2.39. The molecule has 0 aromatic heterocycles. The van der Waals surface area contributed by atoms with E-state index in [-0.39, 0.29) is 6.04 Å². The van der Waals surface area contributed by atoms with Crippen molar-refractivity contribution in [3.05, 3.63) is 23.8 Å². The first-order valence-corrected chi connectivity index (χ1v) is 6.88. The predicted octanol–water partition coefficient (Wildman–Crippen LogP) is 3.09. The van der Waals surface area contributed by atoms with Crippen molar-refractivity contribution in [2.24, 2.45) is 5.73 Å². The Balaban J connectivity index is 2.40. The minimum Gasteiger partial charge on any atom is -0.496 e. The van der Waals surface area contributed by atoms with Crippen LogP contribution >= 0.6 is 0 Å². The van der Waals surface area contributed by atoms with Gasteiger partial charge in [0.05, 0.1) is 7.11 Å². The summed E-state index contributed by atoms with van der Waals surface area (Å²) in [7, 11) is 1.71. The van der Waals surface area contributed by atoms with E-state index in [2.05, 4.69) is 24.0 Å². The van der Waals surface area contributed by atoms with E-state index < -0.39 is 0 Å². The lowest BCUT2D eigenvalue weighted by atomic mass is 10.0. The summed E-state index contributed by atoms with van der Waals surface area (Å²) < 4.78 is 5.47. The van der Waals surface area contributed by atoms with Gasteiger partial charge in [-0.1, -0.05) is 13.0 Å². The maximum Gasteiger partial charge on any atom is 0.125 e. The summed E-state index contributed by atoms with van der Waals surface area (Å²) in [6.45, 7) is 5.34. The van der Waals surface area contributed by atoms with Crippen molar-refractivity contribution in [3.8, 4) is 5.75 Å². The first-order valence-electron chi connectivity index (χ1n) is 6.88. The highest BCUT2D eigenvalue weighted by Gasteiger charge is 2.31. The topological polar surface area (TPSA) is 38.5 Å². The molecule has 1 fully saturated rings. The predicted molar refractivity (Wildman–Crippen MR) is 76.3 cm³/mol. The van der Waals surface area contributed by atoms with Crippen LogP contribution in [0.15, 0.2) is 18.2 Å². The Kier molecular flexibility index (Phi) is 4.12. The minimum atomic E-state index is -0.00532. The van der Waals surface area contributed by atoms with Crippen molar-refractivity contribution in [1.82, 2.24) is 0 Å². The third-order valence-electron chi connectivity index (χ3n) is 3.48. The van der Waals surface area contributed by atoms with E-state index >= 15 is 0 Å².